The van der Waals surface area contributed by atoms with Gasteiger partial charge in [0, 0.05) is 30.3 Å². The van der Waals surface area contributed by atoms with Crippen molar-refractivity contribution in [3.63, 3.8) is 0 Å². The maximum Gasteiger partial charge on any atom is 0.225 e. The quantitative estimate of drug-likeness (QED) is 0.758. The topological polar surface area (TPSA) is 29.0 Å². The molecular weight excluding hydrogens is 230 g/mol. The second-order valence-electron chi connectivity index (χ2n) is 2.77. The molecule has 0 spiro atoms. The van der Waals surface area contributed by atoms with Gasteiger partial charge < -0.3 is 4.90 Å². The summed E-state index contributed by atoms with van der Waals surface area (Å²) < 4.78 is 0. The number of rotatable bonds is 4. The highest BCUT2D eigenvalue weighted by Gasteiger charge is 2.05. The number of aromatic nitrogens is 2. The number of aryl methyl sites for hydroxylation is 1. The molecule has 0 unspecified atom stereocenters. The van der Waals surface area contributed by atoms with Gasteiger partial charge in [-0.2, -0.15) is 0 Å². The summed E-state index contributed by atoms with van der Waals surface area (Å²) in [7, 11) is 0. The Bertz CT molecular complexity index is 265. The standard InChI is InChI=1S/C9H14BrN3/c1-3-13(7-5-10)9-11-6-4-8(2)12-9/h4,6H,3,5,7H2,1-2H3. The van der Waals surface area contributed by atoms with E-state index < -0.39 is 0 Å². The minimum Gasteiger partial charge on any atom is -0.340 e. The van der Waals surface area contributed by atoms with E-state index in [4.69, 9.17) is 0 Å². The highest BCUT2D eigenvalue weighted by molar-refractivity contribution is 9.09. The van der Waals surface area contributed by atoms with Gasteiger partial charge in [-0.3, -0.25) is 0 Å². The molecule has 0 fully saturated rings. The largest absolute Gasteiger partial charge is 0.340 e. The molecule has 0 bridgehead atoms. The maximum absolute atomic E-state index is 4.36. The zero-order valence-corrected chi connectivity index (χ0v) is 9.58. The first-order chi connectivity index (χ1) is 6.27. The van der Waals surface area contributed by atoms with Gasteiger partial charge in [-0.05, 0) is 19.9 Å². The molecule has 0 amide bonds. The summed E-state index contributed by atoms with van der Waals surface area (Å²) in [4.78, 5) is 10.7. The van der Waals surface area contributed by atoms with Crippen molar-refractivity contribution in [1.82, 2.24) is 9.97 Å². The van der Waals surface area contributed by atoms with Crippen molar-refractivity contribution in [3.8, 4) is 0 Å². The molecule has 0 radical (unpaired) electrons. The van der Waals surface area contributed by atoms with Crippen LogP contribution >= 0.6 is 15.9 Å². The first-order valence-corrected chi connectivity index (χ1v) is 5.50. The van der Waals surface area contributed by atoms with Crippen LogP contribution in [0.4, 0.5) is 5.95 Å². The van der Waals surface area contributed by atoms with Crippen LogP contribution in [-0.2, 0) is 0 Å². The Morgan fingerprint density at radius 1 is 1.54 bits per heavy atom. The summed E-state index contributed by atoms with van der Waals surface area (Å²) >= 11 is 3.41. The molecule has 0 aliphatic heterocycles. The van der Waals surface area contributed by atoms with E-state index in [-0.39, 0.29) is 0 Å². The number of nitrogens with zero attached hydrogens (tertiary/aromatic N) is 3. The molecule has 4 heteroatoms. The van der Waals surface area contributed by atoms with E-state index in [1.165, 1.54) is 0 Å². The van der Waals surface area contributed by atoms with E-state index in [1.54, 1.807) is 6.20 Å². The molecule has 0 aromatic carbocycles. The molecule has 0 aliphatic rings. The summed E-state index contributed by atoms with van der Waals surface area (Å²) in [6.45, 7) is 5.97. The van der Waals surface area contributed by atoms with Crippen molar-refractivity contribution in [2.45, 2.75) is 13.8 Å². The van der Waals surface area contributed by atoms with E-state index in [2.05, 4.69) is 37.7 Å². The van der Waals surface area contributed by atoms with E-state index in [1.807, 2.05) is 13.0 Å². The van der Waals surface area contributed by atoms with Crippen molar-refractivity contribution in [3.05, 3.63) is 18.0 Å². The first kappa shape index (κ1) is 10.4. The fourth-order valence-electron chi connectivity index (χ4n) is 1.09. The van der Waals surface area contributed by atoms with E-state index in [0.717, 1.165) is 30.1 Å². The fourth-order valence-corrected chi connectivity index (χ4v) is 1.52. The zero-order chi connectivity index (χ0) is 9.68. The summed E-state index contributed by atoms with van der Waals surface area (Å²) in [6, 6.07) is 1.91. The molecule has 13 heavy (non-hydrogen) atoms. The average Bonchev–Trinajstić information content (AvgIpc) is 2.14. The smallest absolute Gasteiger partial charge is 0.225 e. The lowest BCUT2D eigenvalue weighted by atomic mass is 10.4. The molecule has 1 aromatic rings. The zero-order valence-electron chi connectivity index (χ0n) is 8.00. The van der Waals surface area contributed by atoms with Gasteiger partial charge in [-0.25, -0.2) is 9.97 Å². The predicted octanol–water partition coefficient (Wildman–Crippen LogP) is 2.01. The molecule has 0 N–H and O–H groups in total. The second-order valence-corrected chi connectivity index (χ2v) is 3.56. The molecule has 1 rings (SSSR count). The van der Waals surface area contributed by atoms with Crippen molar-refractivity contribution in [2.24, 2.45) is 0 Å². The Hall–Kier alpha value is -0.640. The van der Waals surface area contributed by atoms with Gasteiger partial charge >= 0.3 is 0 Å². The van der Waals surface area contributed by atoms with E-state index in [9.17, 15) is 0 Å². The van der Waals surface area contributed by atoms with Gasteiger partial charge in [0.15, 0.2) is 0 Å². The average molecular weight is 244 g/mol. The lowest BCUT2D eigenvalue weighted by Gasteiger charge is -2.19. The molecule has 0 aliphatic carbocycles. The van der Waals surface area contributed by atoms with Crippen LogP contribution in [0.2, 0.25) is 0 Å². The molecule has 0 saturated carbocycles. The summed E-state index contributed by atoms with van der Waals surface area (Å²) in [5.74, 6) is 0.821. The predicted molar refractivity (Wildman–Crippen MR) is 58.5 cm³/mol. The van der Waals surface area contributed by atoms with E-state index in [0.29, 0.717) is 0 Å². The fraction of sp³-hybridized carbons (Fsp3) is 0.556. The molecule has 1 aromatic heterocycles. The van der Waals surface area contributed by atoms with Crippen molar-refractivity contribution < 1.29 is 0 Å². The number of hydrogen-bond donors (Lipinski definition) is 0. The van der Waals surface area contributed by atoms with Crippen LogP contribution < -0.4 is 4.90 Å². The first-order valence-electron chi connectivity index (χ1n) is 4.38. The van der Waals surface area contributed by atoms with Crippen LogP contribution in [0.5, 0.6) is 0 Å². The van der Waals surface area contributed by atoms with Crippen LogP contribution in [0, 0.1) is 6.92 Å². The second kappa shape index (κ2) is 5.17. The minimum absolute atomic E-state index is 0.821. The monoisotopic (exact) mass is 243 g/mol. The molecule has 0 atom stereocenters. The highest BCUT2D eigenvalue weighted by Crippen LogP contribution is 2.06. The van der Waals surface area contributed by atoms with E-state index >= 15 is 0 Å². The Morgan fingerprint density at radius 2 is 2.31 bits per heavy atom. The Morgan fingerprint density at radius 3 is 2.85 bits per heavy atom. The lowest BCUT2D eigenvalue weighted by molar-refractivity contribution is 0.823. The van der Waals surface area contributed by atoms with Crippen molar-refractivity contribution >= 4 is 21.9 Å². The summed E-state index contributed by atoms with van der Waals surface area (Å²) in [5, 5.41) is 0.943. The summed E-state index contributed by atoms with van der Waals surface area (Å²) in [6.07, 6.45) is 1.80. The van der Waals surface area contributed by atoms with Crippen LogP contribution in [0.25, 0.3) is 0 Å². The molecular formula is C9H14BrN3. The molecule has 72 valence electrons. The third kappa shape index (κ3) is 2.95. The van der Waals surface area contributed by atoms with Crippen LogP contribution in [-0.4, -0.2) is 28.4 Å². The maximum atomic E-state index is 4.36. The van der Waals surface area contributed by atoms with Crippen LogP contribution in [0.3, 0.4) is 0 Å². The number of hydrogen-bond acceptors (Lipinski definition) is 3. The molecule has 1 heterocycles. The Labute approximate surface area is 87.3 Å². The lowest BCUT2D eigenvalue weighted by Crippen LogP contribution is -2.26. The van der Waals surface area contributed by atoms with Gasteiger partial charge in [0.25, 0.3) is 0 Å². The Balaban J connectivity index is 2.78. The number of halogens is 1. The van der Waals surface area contributed by atoms with Gasteiger partial charge in [0.2, 0.25) is 5.95 Å². The van der Waals surface area contributed by atoms with Crippen molar-refractivity contribution in [2.75, 3.05) is 23.3 Å². The molecule has 0 saturated heterocycles. The minimum atomic E-state index is 0.821. The third-order valence-electron chi connectivity index (χ3n) is 1.80. The van der Waals surface area contributed by atoms with Gasteiger partial charge in [-0.15, -0.1) is 0 Å². The number of anilines is 1. The van der Waals surface area contributed by atoms with Crippen LogP contribution in [0.1, 0.15) is 12.6 Å². The Kier molecular flexibility index (Phi) is 4.15. The molecule has 3 nitrogen and oxygen atoms in total. The van der Waals surface area contributed by atoms with Gasteiger partial charge in [0.05, 0.1) is 0 Å². The third-order valence-corrected chi connectivity index (χ3v) is 2.16. The van der Waals surface area contributed by atoms with Crippen molar-refractivity contribution in [1.29, 1.82) is 0 Å². The van der Waals surface area contributed by atoms with Gasteiger partial charge in [-0.1, -0.05) is 15.9 Å². The highest BCUT2D eigenvalue weighted by atomic mass is 79.9. The van der Waals surface area contributed by atoms with Crippen LogP contribution in [0.15, 0.2) is 12.3 Å². The SMILES string of the molecule is CCN(CCBr)c1nccc(C)n1. The van der Waals surface area contributed by atoms with Gasteiger partial charge in [0.1, 0.15) is 0 Å². The normalized spacial score (nSPS) is 10.1. The number of alkyl halides is 1. The summed E-state index contributed by atoms with van der Waals surface area (Å²) in [5.41, 5.74) is 1.01.